The van der Waals surface area contributed by atoms with Crippen molar-refractivity contribution in [3.8, 4) is 0 Å². The number of fused-ring (bicyclic) bond motifs is 1. The molecule has 1 aromatic heterocycles. The van der Waals surface area contributed by atoms with E-state index in [9.17, 15) is 32.3 Å². The van der Waals surface area contributed by atoms with Crippen LogP contribution in [-0.2, 0) is 13.2 Å². The summed E-state index contributed by atoms with van der Waals surface area (Å²) in [5, 5.41) is 12.1. The number of hydrogen-bond acceptors (Lipinski definition) is 5. The number of nitrogens with one attached hydrogen (secondary N) is 1. The van der Waals surface area contributed by atoms with Crippen molar-refractivity contribution < 1.29 is 27.5 Å². The van der Waals surface area contributed by atoms with Crippen molar-refractivity contribution in [2.45, 2.75) is 38.4 Å². The molecule has 7 nitrogen and oxygen atoms in total. The molecule has 0 saturated carbocycles. The number of carboxylic acids is 1. The number of aromatic nitrogens is 2. The molecule has 35 heavy (non-hydrogen) atoms. The van der Waals surface area contributed by atoms with Crippen LogP contribution in [0.15, 0.2) is 35.1 Å². The van der Waals surface area contributed by atoms with Gasteiger partial charge < -0.3 is 15.3 Å². The van der Waals surface area contributed by atoms with E-state index in [4.69, 9.17) is 0 Å². The first-order valence-electron chi connectivity index (χ1n) is 11.1. The monoisotopic (exact) mass is 492 g/mol. The van der Waals surface area contributed by atoms with Gasteiger partial charge in [-0.05, 0) is 56.5 Å². The molecule has 2 aromatic carbocycles. The van der Waals surface area contributed by atoms with Gasteiger partial charge in [0.15, 0.2) is 0 Å². The smallest absolute Gasteiger partial charge is 0.416 e. The Balaban J connectivity index is 1.90. The van der Waals surface area contributed by atoms with Gasteiger partial charge >= 0.3 is 12.1 Å². The first-order valence-corrected chi connectivity index (χ1v) is 11.1. The molecule has 4 rings (SSSR count). The fourth-order valence-electron chi connectivity index (χ4n) is 4.39. The zero-order valence-electron chi connectivity index (χ0n) is 19.1. The lowest BCUT2D eigenvalue weighted by Gasteiger charge is -2.29. The van der Waals surface area contributed by atoms with Crippen molar-refractivity contribution in [3.63, 3.8) is 0 Å². The lowest BCUT2D eigenvalue weighted by molar-refractivity contribution is -0.137. The maximum absolute atomic E-state index is 13.7. The number of nitrogens with zero attached hydrogens (tertiary/aromatic N) is 3. The van der Waals surface area contributed by atoms with E-state index >= 15 is 0 Å². The van der Waals surface area contributed by atoms with Crippen molar-refractivity contribution in [3.05, 3.63) is 63.2 Å². The molecular formula is C24H24F4N4O3. The number of halogens is 4. The summed E-state index contributed by atoms with van der Waals surface area (Å²) in [7, 11) is 1.48. The number of piperidine rings is 1. The average Bonchev–Trinajstić information content (AvgIpc) is 2.81. The van der Waals surface area contributed by atoms with Gasteiger partial charge in [0.25, 0.3) is 5.56 Å². The van der Waals surface area contributed by atoms with Gasteiger partial charge in [0.2, 0.25) is 5.95 Å². The summed E-state index contributed by atoms with van der Waals surface area (Å²) in [6.07, 6.45) is -1.85. The first-order chi connectivity index (χ1) is 16.5. The summed E-state index contributed by atoms with van der Waals surface area (Å²) in [4.78, 5) is 31.3. The highest BCUT2D eigenvalue weighted by molar-refractivity contribution is 5.94. The normalized spacial score (nSPS) is 15.3. The SMILES string of the molecule is C[C@@H](Nc1ccc(F)cc1C(=O)O)c1cc(C(F)(F)F)cc2c(=O)n(C)c(N3CCCCC3)nc12. The zero-order valence-corrected chi connectivity index (χ0v) is 19.1. The number of alkyl halides is 3. The van der Waals surface area contributed by atoms with Gasteiger partial charge in [-0.2, -0.15) is 13.2 Å². The van der Waals surface area contributed by atoms with E-state index in [0.29, 0.717) is 19.0 Å². The number of aromatic carboxylic acids is 1. The van der Waals surface area contributed by atoms with E-state index < -0.39 is 35.1 Å². The first kappa shape index (κ1) is 24.5. The van der Waals surface area contributed by atoms with Gasteiger partial charge in [0.1, 0.15) is 5.82 Å². The van der Waals surface area contributed by atoms with E-state index in [2.05, 4.69) is 10.3 Å². The fraction of sp³-hybridized carbons (Fsp3) is 0.375. The van der Waals surface area contributed by atoms with Gasteiger partial charge in [0, 0.05) is 31.4 Å². The summed E-state index contributed by atoms with van der Waals surface area (Å²) in [5.41, 5.74) is -1.80. The zero-order chi connectivity index (χ0) is 25.5. The van der Waals surface area contributed by atoms with Crippen molar-refractivity contribution in [1.29, 1.82) is 0 Å². The molecule has 0 spiro atoms. The highest BCUT2D eigenvalue weighted by atomic mass is 19.4. The molecule has 0 aliphatic carbocycles. The van der Waals surface area contributed by atoms with E-state index in [-0.39, 0.29) is 27.7 Å². The second-order valence-electron chi connectivity index (χ2n) is 8.64. The van der Waals surface area contributed by atoms with E-state index in [1.165, 1.54) is 24.6 Å². The van der Waals surface area contributed by atoms with E-state index in [1.807, 2.05) is 4.90 Å². The lowest BCUT2D eigenvalue weighted by Crippen LogP contribution is -2.35. The number of benzene rings is 2. The molecule has 1 atom stereocenters. The van der Waals surface area contributed by atoms with Gasteiger partial charge in [-0.25, -0.2) is 14.2 Å². The molecule has 186 valence electrons. The molecular weight excluding hydrogens is 468 g/mol. The molecule has 0 radical (unpaired) electrons. The highest BCUT2D eigenvalue weighted by Gasteiger charge is 2.33. The Kier molecular flexibility index (Phi) is 6.44. The minimum absolute atomic E-state index is 0.0250. The minimum Gasteiger partial charge on any atom is -0.478 e. The van der Waals surface area contributed by atoms with Gasteiger partial charge in [-0.15, -0.1) is 0 Å². The lowest BCUT2D eigenvalue weighted by atomic mass is 9.99. The Labute approximate surface area is 198 Å². The molecule has 1 saturated heterocycles. The predicted octanol–water partition coefficient (Wildman–Crippen LogP) is 4.95. The van der Waals surface area contributed by atoms with Gasteiger partial charge in [-0.3, -0.25) is 9.36 Å². The second-order valence-corrected chi connectivity index (χ2v) is 8.64. The molecule has 1 aliphatic rings. The van der Waals surface area contributed by atoms with Crippen LogP contribution in [0.1, 0.15) is 53.7 Å². The van der Waals surface area contributed by atoms with Crippen molar-refractivity contribution >= 4 is 28.5 Å². The van der Waals surface area contributed by atoms with Crippen LogP contribution in [0.25, 0.3) is 10.9 Å². The second kappa shape index (κ2) is 9.20. The molecule has 1 fully saturated rings. The topological polar surface area (TPSA) is 87.5 Å². The Morgan fingerprint density at radius 1 is 1.14 bits per heavy atom. The van der Waals surface area contributed by atoms with Crippen molar-refractivity contribution in [2.24, 2.45) is 7.05 Å². The average molecular weight is 492 g/mol. The number of carbonyl (C=O) groups is 1. The quantitative estimate of drug-likeness (QED) is 0.490. The van der Waals surface area contributed by atoms with Gasteiger partial charge in [-0.1, -0.05) is 0 Å². The van der Waals surface area contributed by atoms with Crippen molar-refractivity contribution in [1.82, 2.24) is 9.55 Å². The van der Waals surface area contributed by atoms with Crippen LogP contribution in [0.5, 0.6) is 0 Å². The third-order valence-electron chi connectivity index (χ3n) is 6.20. The number of anilines is 2. The van der Waals surface area contributed by atoms with Crippen LogP contribution < -0.4 is 15.8 Å². The summed E-state index contributed by atoms with van der Waals surface area (Å²) in [6, 6.07) is 3.89. The Morgan fingerprint density at radius 3 is 2.46 bits per heavy atom. The molecule has 0 amide bonds. The fourth-order valence-corrected chi connectivity index (χ4v) is 4.39. The van der Waals surface area contributed by atoms with Gasteiger partial charge in [0.05, 0.1) is 28.1 Å². The van der Waals surface area contributed by atoms with E-state index in [0.717, 1.165) is 43.5 Å². The summed E-state index contributed by atoms with van der Waals surface area (Å²) in [5.74, 6) is -1.79. The maximum Gasteiger partial charge on any atom is 0.416 e. The number of carboxylic acid groups (broad SMARTS) is 1. The van der Waals surface area contributed by atoms with Crippen LogP contribution in [0.3, 0.4) is 0 Å². The minimum atomic E-state index is -4.72. The van der Waals surface area contributed by atoms with Crippen molar-refractivity contribution in [2.75, 3.05) is 23.3 Å². The van der Waals surface area contributed by atoms with Crippen LogP contribution in [-0.4, -0.2) is 33.7 Å². The Hall–Kier alpha value is -3.63. The standard InChI is InChI=1S/C24H24F4N4O3/c1-13(29-19-7-6-15(25)12-17(19)22(34)35)16-10-14(24(26,27)28)11-18-20(16)30-23(31(2)21(18)33)32-8-4-3-5-9-32/h6-7,10-13,29H,3-5,8-9H2,1-2H3,(H,34,35)/t13-/m1/s1. The molecule has 0 unspecified atom stereocenters. The largest absolute Gasteiger partial charge is 0.478 e. The molecule has 3 aromatic rings. The Morgan fingerprint density at radius 2 is 1.83 bits per heavy atom. The number of hydrogen-bond donors (Lipinski definition) is 2. The van der Waals surface area contributed by atoms with E-state index in [1.54, 1.807) is 0 Å². The molecule has 2 heterocycles. The van der Waals surface area contributed by atoms with Crippen LogP contribution in [0, 0.1) is 5.82 Å². The maximum atomic E-state index is 13.7. The molecule has 11 heteroatoms. The molecule has 1 aliphatic heterocycles. The van der Waals surface area contributed by atoms with Crippen LogP contribution >= 0.6 is 0 Å². The summed E-state index contributed by atoms with van der Waals surface area (Å²) in [6.45, 7) is 2.88. The van der Waals surface area contributed by atoms with Crippen LogP contribution in [0.2, 0.25) is 0 Å². The third-order valence-corrected chi connectivity index (χ3v) is 6.20. The summed E-state index contributed by atoms with van der Waals surface area (Å²) < 4.78 is 56.0. The highest BCUT2D eigenvalue weighted by Crippen LogP contribution is 2.36. The number of rotatable bonds is 5. The predicted molar refractivity (Wildman–Crippen MR) is 123 cm³/mol. The molecule has 0 bridgehead atoms. The molecule has 2 N–H and O–H groups in total. The summed E-state index contributed by atoms with van der Waals surface area (Å²) >= 11 is 0. The third kappa shape index (κ3) is 4.80. The Bertz CT molecular complexity index is 1350. The van der Waals surface area contributed by atoms with Crippen LogP contribution in [0.4, 0.5) is 29.2 Å².